The van der Waals surface area contributed by atoms with Crippen molar-refractivity contribution in [1.82, 2.24) is 10.2 Å². The van der Waals surface area contributed by atoms with Gasteiger partial charge in [0.05, 0.1) is 23.7 Å². The molecule has 1 amide bonds. The van der Waals surface area contributed by atoms with E-state index in [2.05, 4.69) is 20.3 Å². The number of hydrogen-bond acceptors (Lipinski definition) is 9. The molecule has 14 heteroatoms. The summed E-state index contributed by atoms with van der Waals surface area (Å²) in [5.41, 5.74) is 1.03. The van der Waals surface area contributed by atoms with Gasteiger partial charge in [-0.3, -0.25) is 10.0 Å². The van der Waals surface area contributed by atoms with Crippen molar-refractivity contribution >= 4 is 27.5 Å². The second-order valence-corrected chi connectivity index (χ2v) is 14.5. The molecule has 0 radical (unpaired) electrons. The number of benzene rings is 3. The summed E-state index contributed by atoms with van der Waals surface area (Å²) < 4.78 is 58.6. The van der Waals surface area contributed by atoms with Crippen LogP contribution in [0.25, 0.3) is 11.1 Å². The SMILES string of the molecule is CS(=O)(=O)Nc1cc([C@@H](O)CNCCCCCCCCCN2CCC(OC(=O)Nc3ccccc3-c3cc(F)cc(F)c3O)CC2)ccc1O. The van der Waals surface area contributed by atoms with E-state index < -0.39 is 39.6 Å². The quantitative estimate of drug-likeness (QED) is 0.0639. The van der Waals surface area contributed by atoms with Gasteiger partial charge in [-0.05, 0) is 68.6 Å². The summed E-state index contributed by atoms with van der Waals surface area (Å²) >= 11 is 0. The Kier molecular flexibility index (Phi) is 14.6. The normalized spacial score (nSPS) is 14.7. The van der Waals surface area contributed by atoms with Crippen molar-refractivity contribution in [1.29, 1.82) is 0 Å². The molecule has 1 fully saturated rings. The number of aliphatic hydroxyl groups is 1. The van der Waals surface area contributed by atoms with Crippen molar-refractivity contribution in [2.24, 2.45) is 0 Å². The molecule has 6 N–H and O–H groups in total. The highest BCUT2D eigenvalue weighted by Crippen LogP contribution is 2.37. The second-order valence-electron chi connectivity index (χ2n) is 12.7. The molecule has 3 aromatic rings. The monoisotopic (exact) mass is 718 g/mol. The molecule has 274 valence electrons. The van der Waals surface area contributed by atoms with Gasteiger partial charge in [-0.15, -0.1) is 0 Å². The fourth-order valence-electron chi connectivity index (χ4n) is 6.01. The number of aliphatic hydroxyl groups excluding tert-OH is 1. The third kappa shape index (κ3) is 12.4. The zero-order chi connectivity index (χ0) is 36.1. The molecule has 0 bridgehead atoms. The molecule has 50 heavy (non-hydrogen) atoms. The van der Waals surface area contributed by atoms with E-state index >= 15 is 0 Å². The van der Waals surface area contributed by atoms with Crippen LogP contribution in [0.4, 0.5) is 25.0 Å². The number of phenols is 2. The Labute approximate surface area is 292 Å². The molecule has 4 rings (SSSR count). The molecular formula is C36H48F2N4O7S. The maximum atomic E-state index is 13.9. The number of hydrogen-bond donors (Lipinski definition) is 6. The van der Waals surface area contributed by atoms with Gasteiger partial charge in [-0.2, -0.15) is 0 Å². The van der Waals surface area contributed by atoms with Crippen LogP contribution in [-0.4, -0.2) is 79.8 Å². The smallest absolute Gasteiger partial charge is 0.411 e. The van der Waals surface area contributed by atoms with E-state index in [-0.39, 0.29) is 34.4 Å². The zero-order valence-electron chi connectivity index (χ0n) is 28.3. The van der Waals surface area contributed by atoms with Crippen molar-refractivity contribution in [3.8, 4) is 22.6 Å². The average molecular weight is 719 g/mol. The number of ether oxygens (including phenoxy) is 1. The number of halogens is 2. The maximum absolute atomic E-state index is 13.9. The van der Waals surface area contributed by atoms with E-state index in [1.54, 1.807) is 30.3 Å². The summed E-state index contributed by atoms with van der Waals surface area (Å²) in [6.07, 6.45) is 8.49. The highest BCUT2D eigenvalue weighted by atomic mass is 32.2. The Morgan fingerprint density at radius 3 is 2.32 bits per heavy atom. The number of phenolic OH excluding ortho intramolecular Hbond substituents is 2. The molecular weight excluding hydrogens is 670 g/mol. The van der Waals surface area contributed by atoms with E-state index in [4.69, 9.17) is 4.74 Å². The van der Waals surface area contributed by atoms with Crippen LogP contribution < -0.4 is 15.4 Å². The lowest BCUT2D eigenvalue weighted by atomic mass is 10.0. The number of unbranched alkanes of at least 4 members (excludes halogenated alkanes) is 6. The Hall–Kier alpha value is -3.98. The molecule has 11 nitrogen and oxygen atoms in total. The largest absolute Gasteiger partial charge is 0.506 e. The molecule has 0 spiro atoms. The Balaban J connectivity index is 1.03. The average Bonchev–Trinajstić information content (AvgIpc) is 3.06. The molecule has 0 aromatic heterocycles. The first kappa shape index (κ1) is 38.8. The standard InChI is InChI=1S/C36H48F2N4O7S/c1-50(47,48)41-32-21-25(13-14-33(32)43)34(44)24-39-17-9-5-3-2-4-6-10-18-42-19-15-27(16-20-42)49-36(46)40-31-12-8-7-11-28(31)29-22-26(37)23-30(38)35(29)45/h7-8,11-14,21-23,27,34,39,41,43-45H,2-6,9-10,15-20,24H2,1H3,(H,40,46)/t34-/m0/s1. The Bertz CT molecular complexity index is 1670. The lowest BCUT2D eigenvalue weighted by Crippen LogP contribution is -2.38. The number of para-hydroxylation sites is 1. The van der Waals surface area contributed by atoms with Crippen molar-refractivity contribution < 1.29 is 42.0 Å². The van der Waals surface area contributed by atoms with Gasteiger partial charge in [0, 0.05) is 36.8 Å². The van der Waals surface area contributed by atoms with Crippen molar-refractivity contribution in [2.75, 3.05) is 49.0 Å². The molecule has 0 unspecified atom stereocenters. The predicted octanol–water partition coefficient (Wildman–Crippen LogP) is 6.48. The van der Waals surface area contributed by atoms with Crippen LogP contribution in [0.5, 0.6) is 11.5 Å². The van der Waals surface area contributed by atoms with E-state index in [1.807, 2.05) is 0 Å². The van der Waals surface area contributed by atoms with Gasteiger partial charge in [-0.1, -0.05) is 56.4 Å². The van der Waals surface area contributed by atoms with Gasteiger partial charge in [0.1, 0.15) is 17.7 Å². The molecule has 0 saturated carbocycles. The van der Waals surface area contributed by atoms with Crippen LogP contribution in [0.2, 0.25) is 0 Å². The number of anilines is 2. The lowest BCUT2D eigenvalue weighted by molar-refractivity contribution is 0.0584. The summed E-state index contributed by atoms with van der Waals surface area (Å²) in [4.78, 5) is 15.1. The Morgan fingerprint density at radius 2 is 1.60 bits per heavy atom. The first-order valence-electron chi connectivity index (χ1n) is 17.1. The number of likely N-dealkylation sites (tertiary alicyclic amines) is 1. The van der Waals surface area contributed by atoms with Crippen LogP contribution >= 0.6 is 0 Å². The molecule has 3 aromatic carbocycles. The van der Waals surface area contributed by atoms with Gasteiger partial charge in [0.25, 0.3) is 0 Å². The Morgan fingerprint density at radius 1 is 0.920 bits per heavy atom. The summed E-state index contributed by atoms with van der Waals surface area (Å²) in [5, 5.41) is 36.3. The van der Waals surface area contributed by atoms with Gasteiger partial charge < -0.3 is 30.3 Å². The van der Waals surface area contributed by atoms with Crippen molar-refractivity contribution in [3.05, 3.63) is 71.8 Å². The number of amides is 1. The summed E-state index contributed by atoms with van der Waals surface area (Å²) in [6, 6.07) is 12.4. The minimum absolute atomic E-state index is 0.0367. The van der Waals surface area contributed by atoms with E-state index in [1.165, 1.54) is 12.1 Å². The number of rotatable bonds is 18. The third-order valence-corrected chi connectivity index (χ3v) is 9.25. The molecule has 1 heterocycles. The number of sulfonamides is 1. The maximum Gasteiger partial charge on any atom is 0.411 e. The molecule has 1 aliphatic heterocycles. The molecule has 1 saturated heterocycles. The number of nitrogens with one attached hydrogen (secondary N) is 3. The molecule has 1 aliphatic rings. The fraction of sp³-hybridized carbons (Fsp3) is 0.472. The van der Waals surface area contributed by atoms with Crippen LogP contribution in [0.15, 0.2) is 54.6 Å². The molecule has 0 aliphatic carbocycles. The van der Waals surface area contributed by atoms with Crippen LogP contribution in [0.1, 0.15) is 69.5 Å². The van der Waals surface area contributed by atoms with E-state index in [0.717, 1.165) is 83.4 Å². The number of carbonyl (C=O) groups excluding carboxylic acids is 1. The number of piperidine rings is 1. The number of aromatic hydroxyl groups is 2. The lowest BCUT2D eigenvalue weighted by Gasteiger charge is -2.31. The highest BCUT2D eigenvalue weighted by Gasteiger charge is 2.23. The minimum Gasteiger partial charge on any atom is -0.506 e. The van der Waals surface area contributed by atoms with E-state index in [0.29, 0.717) is 31.0 Å². The first-order chi connectivity index (χ1) is 23.9. The van der Waals surface area contributed by atoms with Crippen molar-refractivity contribution in [3.63, 3.8) is 0 Å². The van der Waals surface area contributed by atoms with Crippen LogP contribution in [0, 0.1) is 11.6 Å². The predicted molar refractivity (Wildman–Crippen MR) is 190 cm³/mol. The van der Waals surface area contributed by atoms with Gasteiger partial charge in [0.15, 0.2) is 11.6 Å². The van der Waals surface area contributed by atoms with Gasteiger partial charge in [0.2, 0.25) is 10.0 Å². The summed E-state index contributed by atoms with van der Waals surface area (Å²) in [7, 11) is -3.55. The van der Waals surface area contributed by atoms with Gasteiger partial charge >= 0.3 is 6.09 Å². The minimum atomic E-state index is -3.55. The first-order valence-corrected chi connectivity index (χ1v) is 19.0. The number of nitrogens with zero attached hydrogens (tertiary/aromatic N) is 1. The van der Waals surface area contributed by atoms with Crippen LogP contribution in [-0.2, 0) is 14.8 Å². The summed E-state index contributed by atoms with van der Waals surface area (Å²) in [5.74, 6) is -2.83. The second kappa shape index (κ2) is 18.9. The van der Waals surface area contributed by atoms with Crippen molar-refractivity contribution in [2.45, 2.75) is 70.0 Å². The van der Waals surface area contributed by atoms with E-state index in [9.17, 15) is 37.3 Å². The summed E-state index contributed by atoms with van der Waals surface area (Å²) in [6.45, 7) is 3.75. The highest BCUT2D eigenvalue weighted by molar-refractivity contribution is 7.92. The van der Waals surface area contributed by atoms with Gasteiger partial charge in [-0.25, -0.2) is 22.0 Å². The van der Waals surface area contributed by atoms with Crippen LogP contribution in [0.3, 0.4) is 0 Å². The number of carbonyl (C=O) groups is 1. The fourth-order valence-corrected chi connectivity index (χ4v) is 6.57. The molecule has 1 atom stereocenters. The third-order valence-electron chi connectivity index (χ3n) is 8.66. The topological polar surface area (TPSA) is 160 Å². The zero-order valence-corrected chi connectivity index (χ0v) is 29.2.